The third-order valence-corrected chi connectivity index (χ3v) is 4.14. The largest absolute Gasteiger partial charge is 0.549 e. The third kappa shape index (κ3) is 8.22. The Bertz CT molecular complexity index is 655. The Hall–Kier alpha value is -1.80. The molecular weight excluding hydrogens is 358 g/mol. The van der Waals surface area contributed by atoms with Gasteiger partial charge < -0.3 is 20.0 Å². The molecule has 0 unspecified atom stereocenters. The van der Waals surface area contributed by atoms with E-state index in [9.17, 15) is 9.90 Å². The third-order valence-electron chi connectivity index (χ3n) is 2.99. The molecule has 0 atom stereocenters. The fraction of sp³-hybridized carbons (Fsp3) is 0.471. The molecule has 0 heterocycles. The van der Waals surface area contributed by atoms with Crippen LogP contribution in [0.3, 0.4) is 0 Å². The van der Waals surface area contributed by atoms with Gasteiger partial charge in [0, 0.05) is 22.6 Å². The van der Waals surface area contributed by atoms with Gasteiger partial charge in [-0.1, -0.05) is 0 Å². The fourth-order valence-corrected chi connectivity index (χ4v) is 2.99. The van der Waals surface area contributed by atoms with Crippen LogP contribution in [0.25, 0.3) is 0 Å². The molecule has 1 aromatic carbocycles. The summed E-state index contributed by atoms with van der Waals surface area (Å²) in [6.07, 6.45) is 0. The van der Waals surface area contributed by atoms with Crippen molar-refractivity contribution < 1.29 is 14.6 Å². The first-order valence-electron chi connectivity index (χ1n) is 7.69. The Balaban J connectivity index is 2.83. The van der Waals surface area contributed by atoms with Gasteiger partial charge in [0.25, 0.3) is 0 Å². The van der Waals surface area contributed by atoms with Crippen molar-refractivity contribution in [2.75, 3.05) is 12.9 Å². The minimum atomic E-state index is -1.08. The molecule has 6 nitrogen and oxygen atoms in total. The van der Waals surface area contributed by atoms with Gasteiger partial charge in [0.1, 0.15) is 5.75 Å². The first-order chi connectivity index (χ1) is 11.6. The molecule has 8 heteroatoms. The van der Waals surface area contributed by atoms with Gasteiger partial charge in [-0.15, -0.1) is 0 Å². The number of hydrogen-bond donors (Lipinski definition) is 2. The number of carboxylic acid groups (broad SMARTS) is 1. The van der Waals surface area contributed by atoms with Crippen LogP contribution in [-0.2, 0) is 10.5 Å². The number of carbonyl (C=O) groups excluding carboxylic acids is 1. The van der Waals surface area contributed by atoms with Gasteiger partial charge in [0.15, 0.2) is 5.11 Å². The fourth-order valence-electron chi connectivity index (χ4n) is 1.93. The van der Waals surface area contributed by atoms with Gasteiger partial charge in [-0.05, 0) is 63.7 Å². The maximum atomic E-state index is 10.6. The molecule has 0 amide bonds. The lowest BCUT2D eigenvalue weighted by atomic mass is 10.1. The van der Waals surface area contributed by atoms with Gasteiger partial charge in [-0.25, -0.2) is 0 Å². The minimum absolute atomic E-state index is 0.0608. The number of thiocarbonyl (C=S) groups is 1. The summed E-state index contributed by atoms with van der Waals surface area (Å²) in [5, 5.41) is 18.4. The van der Waals surface area contributed by atoms with Crippen LogP contribution in [0.5, 0.6) is 5.75 Å². The van der Waals surface area contributed by atoms with Gasteiger partial charge in [0.05, 0.1) is 18.8 Å². The zero-order valence-corrected chi connectivity index (χ0v) is 16.8. The van der Waals surface area contributed by atoms with E-state index in [1.54, 1.807) is 7.11 Å². The highest BCUT2D eigenvalue weighted by atomic mass is 32.2. The number of ether oxygens (including phenoxy) is 1. The van der Waals surface area contributed by atoms with Crippen molar-refractivity contribution in [2.45, 2.75) is 39.0 Å². The lowest BCUT2D eigenvalue weighted by molar-refractivity contribution is -0.301. The number of nitrogens with one attached hydrogen (secondary N) is 2. The van der Waals surface area contributed by atoms with Crippen LogP contribution in [0.15, 0.2) is 23.3 Å². The van der Waals surface area contributed by atoms with Crippen molar-refractivity contribution in [1.82, 2.24) is 10.7 Å². The molecule has 1 aromatic rings. The van der Waals surface area contributed by atoms with Crippen LogP contribution in [-0.4, -0.2) is 35.2 Å². The lowest BCUT2D eigenvalue weighted by Gasteiger charge is -2.21. The van der Waals surface area contributed by atoms with Crippen molar-refractivity contribution >= 4 is 40.8 Å². The summed E-state index contributed by atoms with van der Waals surface area (Å²) in [5.41, 5.74) is 5.24. The minimum Gasteiger partial charge on any atom is -0.549 e. The SMILES string of the molecule is COc1ccc(/C(C)=N\NC(=S)NC(C)(C)C)cc1CSCC(=O)[O-]. The van der Waals surface area contributed by atoms with Gasteiger partial charge in [-0.2, -0.15) is 16.9 Å². The summed E-state index contributed by atoms with van der Waals surface area (Å²) in [5.74, 6) is 0.0759. The molecule has 0 bridgehead atoms. The second kappa shape index (κ2) is 9.62. The average Bonchev–Trinajstić information content (AvgIpc) is 2.50. The smallest absolute Gasteiger partial charge is 0.187 e. The quantitative estimate of drug-likeness (QED) is 0.421. The van der Waals surface area contributed by atoms with Crippen LogP contribution in [0.4, 0.5) is 0 Å². The van der Waals surface area contributed by atoms with E-state index in [1.807, 2.05) is 45.9 Å². The highest BCUT2D eigenvalue weighted by Gasteiger charge is 2.11. The van der Waals surface area contributed by atoms with Gasteiger partial charge >= 0.3 is 0 Å². The Kier molecular flexibility index (Phi) is 8.18. The summed E-state index contributed by atoms with van der Waals surface area (Å²) in [6, 6.07) is 5.67. The molecule has 0 saturated heterocycles. The number of methoxy groups -OCH3 is 1. The van der Waals surface area contributed by atoms with E-state index in [0.29, 0.717) is 16.6 Å². The first-order valence-corrected chi connectivity index (χ1v) is 9.26. The molecule has 1 rings (SSSR count). The van der Waals surface area contributed by atoms with Crippen LogP contribution < -0.4 is 20.6 Å². The molecular formula is C17H24N3O3S2-. The van der Waals surface area contributed by atoms with E-state index >= 15 is 0 Å². The number of hydrazone groups is 1. The molecule has 0 spiro atoms. The van der Waals surface area contributed by atoms with Crippen molar-refractivity contribution in [3.8, 4) is 5.75 Å². The Labute approximate surface area is 158 Å². The maximum Gasteiger partial charge on any atom is 0.187 e. The Morgan fingerprint density at radius 2 is 2.08 bits per heavy atom. The summed E-state index contributed by atoms with van der Waals surface area (Å²) in [4.78, 5) is 10.6. The molecule has 0 aliphatic rings. The molecule has 25 heavy (non-hydrogen) atoms. The molecule has 0 aromatic heterocycles. The Morgan fingerprint density at radius 3 is 2.64 bits per heavy atom. The predicted octanol–water partition coefficient (Wildman–Crippen LogP) is 1.66. The zero-order valence-electron chi connectivity index (χ0n) is 15.1. The van der Waals surface area contributed by atoms with Crippen LogP contribution in [0, 0.1) is 0 Å². The zero-order chi connectivity index (χ0) is 19.0. The number of aliphatic carboxylic acids is 1. The van der Waals surface area contributed by atoms with Gasteiger partial charge in [-0.3, -0.25) is 5.43 Å². The number of carboxylic acids is 1. The van der Waals surface area contributed by atoms with E-state index in [0.717, 1.165) is 16.8 Å². The maximum absolute atomic E-state index is 10.6. The number of nitrogens with zero attached hydrogens (tertiary/aromatic N) is 1. The molecule has 138 valence electrons. The topological polar surface area (TPSA) is 85.8 Å². The normalized spacial score (nSPS) is 11.8. The van der Waals surface area contributed by atoms with Crippen LogP contribution in [0.2, 0.25) is 0 Å². The van der Waals surface area contributed by atoms with Crippen molar-refractivity contribution in [1.29, 1.82) is 0 Å². The molecule has 0 aliphatic heterocycles. The van der Waals surface area contributed by atoms with Crippen molar-refractivity contribution in [2.24, 2.45) is 5.10 Å². The number of carbonyl (C=O) groups is 1. The summed E-state index contributed by atoms with van der Waals surface area (Å²) < 4.78 is 5.33. The Morgan fingerprint density at radius 1 is 1.40 bits per heavy atom. The monoisotopic (exact) mass is 382 g/mol. The predicted molar refractivity (Wildman–Crippen MR) is 105 cm³/mol. The van der Waals surface area contributed by atoms with E-state index in [4.69, 9.17) is 17.0 Å². The molecule has 0 aliphatic carbocycles. The summed E-state index contributed by atoms with van der Waals surface area (Å²) in [7, 11) is 1.58. The summed E-state index contributed by atoms with van der Waals surface area (Å²) >= 11 is 6.46. The average molecular weight is 383 g/mol. The van der Waals surface area contributed by atoms with E-state index in [1.165, 1.54) is 11.8 Å². The molecule has 0 fully saturated rings. The number of benzene rings is 1. The summed E-state index contributed by atoms with van der Waals surface area (Å²) in [6.45, 7) is 7.90. The van der Waals surface area contributed by atoms with E-state index in [-0.39, 0.29) is 11.3 Å². The second-order valence-corrected chi connectivity index (χ2v) is 7.80. The van der Waals surface area contributed by atoms with E-state index in [2.05, 4.69) is 15.8 Å². The number of rotatable bonds is 7. The number of hydrogen-bond acceptors (Lipinski definition) is 6. The van der Waals surface area contributed by atoms with Crippen LogP contribution >= 0.6 is 24.0 Å². The van der Waals surface area contributed by atoms with E-state index < -0.39 is 5.97 Å². The molecule has 0 radical (unpaired) electrons. The number of thioether (sulfide) groups is 1. The highest BCUT2D eigenvalue weighted by molar-refractivity contribution is 7.99. The second-order valence-electron chi connectivity index (χ2n) is 6.40. The van der Waals surface area contributed by atoms with Crippen LogP contribution in [0.1, 0.15) is 38.8 Å². The highest BCUT2D eigenvalue weighted by Crippen LogP contribution is 2.24. The van der Waals surface area contributed by atoms with Gasteiger partial charge in [0.2, 0.25) is 0 Å². The van der Waals surface area contributed by atoms with Crippen molar-refractivity contribution in [3.05, 3.63) is 29.3 Å². The molecule has 2 N–H and O–H groups in total. The lowest BCUT2D eigenvalue weighted by Crippen LogP contribution is -2.44. The first kappa shape index (κ1) is 21.2. The molecule has 0 saturated carbocycles. The standard InChI is InChI=1S/C17H25N3O3S2/c1-11(19-20-16(24)18-17(2,3)4)12-6-7-14(23-5)13(8-12)9-25-10-15(21)22/h6-8H,9-10H2,1-5H3,(H,21,22)(H2,18,20,24)/p-1/b19-11-. The van der Waals surface area contributed by atoms with Crippen molar-refractivity contribution in [3.63, 3.8) is 0 Å².